The van der Waals surface area contributed by atoms with Crippen molar-refractivity contribution in [2.45, 2.75) is 51.5 Å². The molecule has 1 heterocycles. The third-order valence-electron chi connectivity index (χ3n) is 4.54. The number of hydrogen-bond donors (Lipinski definition) is 1. The molecule has 2 rings (SSSR count). The number of nitrogens with zero attached hydrogens (tertiary/aromatic N) is 1. The minimum absolute atomic E-state index is 0.456. The predicted octanol–water partition coefficient (Wildman–Crippen LogP) is 3.35. The van der Waals surface area contributed by atoms with Gasteiger partial charge in [0.1, 0.15) is 0 Å². The Bertz CT molecular complexity index is 341. The molecule has 2 unspecified atom stereocenters. The highest BCUT2D eigenvalue weighted by Crippen LogP contribution is 2.44. The molecule has 94 valence electrons. The monoisotopic (exact) mass is 232 g/mol. The number of likely N-dealkylation sites (N-methyl/N-ethyl adjacent to an activating group) is 1. The third kappa shape index (κ3) is 2.52. The molecule has 1 N–H and O–H groups in total. The van der Waals surface area contributed by atoms with E-state index in [0.717, 1.165) is 0 Å². The molecule has 1 fully saturated rings. The average Bonchev–Trinajstić information content (AvgIpc) is 2.78. The Labute approximate surface area is 105 Å². The van der Waals surface area contributed by atoms with Crippen LogP contribution in [0.2, 0.25) is 0 Å². The molecule has 0 aromatic carbocycles. The highest BCUT2D eigenvalue weighted by molar-refractivity contribution is 5.19. The number of pyridine rings is 1. The Morgan fingerprint density at radius 2 is 1.82 bits per heavy atom. The smallest absolute Gasteiger partial charge is 0.0270 e. The fourth-order valence-electron chi connectivity index (χ4n) is 3.56. The van der Waals surface area contributed by atoms with E-state index in [1.165, 1.54) is 31.2 Å². The lowest BCUT2D eigenvalue weighted by molar-refractivity contribution is 0.206. The lowest BCUT2D eigenvalue weighted by Gasteiger charge is -2.38. The largest absolute Gasteiger partial charge is 0.316 e. The maximum absolute atomic E-state index is 4.11. The number of nitrogens with one attached hydrogen (secondary N) is 1. The molecule has 1 saturated carbocycles. The molecule has 0 spiro atoms. The van der Waals surface area contributed by atoms with Crippen LogP contribution in [0.5, 0.6) is 0 Å². The normalized spacial score (nSPS) is 22.3. The molecule has 1 aromatic rings. The molecule has 1 aliphatic rings. The fraction of sp³-hybridized carbons (Fsp3) is 0.667. The van der Waals surface area contributed by atoms with Crippen molar-refractivity contribution in [2.75, 3.05) is 7.05 Å². The van der Waals surface area contributed by atoms with Gasteiger partial charge < -0.3 is 5.32 Å². The fourth-order valence-corrected chi connectivity index (χ4v) is 3.56. The first-order valence-corrected chi connectivity index (χ1v) is 6.74. The minimum atomic E-state index is 0.456. The van der Waals surface area contributed by atoms with E-state index in [1.54, 1.807) is 0 Å². The summed E-state index contributed by atoms with van der Waals surface area (Å²) in [4.78, 5) is 4.11. The standard InChI is InChI=1S/C15H24N2/c1-12(13-6-10-17-11-7-13)14(16-3)15(2)8-4-5-9-15/h6-7,10-12,14,16H,4-5,8-9H2,1-3H3. The Kier molecular flexibility index (Phi) is 3.82. The average molecular weight is 232 g/mol. The van der Waals surface area contributed by atoms with Crippen molar-refractivity contribution < 1.29 is 0 Å². The van der Waals surface area contributed by atoms with Gasteiger partial charge in [0.2, 0.25) is 0 Å². The SMILES string of the molecule is CNC(C(C)c1ccncc1)C1(C)CCCC1. The zero-order valence-corrected chi connectivity index (χ0v) is 11.2. The molecular formula is C15H24N2. The first-order valence-electron chi connectivity index (χ1n) is 6.74. The van der Waals surface area contributed by atoms with Crippen LogP contribution in [0.4, 0.5) is 0 Å². The summed E-state index contributed by atoms with van der Waals surface area (Å²) in [6.07, 6.45) is 9.28. The van der Waals surface area contributed by atoms with Gasteiger partial charge in [0.15, 0.2) is 0 Å². The Morgan fingerprint density at radius 3 is 2.35 bits per heavy atom. The van der Waals surface area contributed by atoms with Crippen LogP contribution in [0.25, 0.3) is 0 Å². The van der Waals surface area contributed by atoms with E-state index in [0.29, 0.717) is 17.4 Å². The van der Waals surface area contributed by atoms with Crippen LogP contribution in [-0.4, -0.2) is 18.1 Å². The minimum Gasteiger partial charge on any atom is -0.316 e. The van der Waals surface area contributed by atoms with E-state index in [2.05, 4.69) is 43.3 Å². The maximum Gasteiger partial charge on any atom is 0.0270 e. The van der Waals surface area contributed by atoms with Crippen LogP contribution < -0.4 is 5.32 Å². The van der Waals surface area contributed by atoms with E-state index in [9.17, 15) is 0 Å². The highest BCUT2D eigenvalue weighted by Gasteiger charge is 2.39. The van der Waals surface area contributed by atoms with Gasteiger partial charge in [-0.05, 0) is 48.9 Å². The van der Waals surface area contributed by atoms with Crippen molar-refractivity contribution in [1.29, 1.82) is 0 Å². The molecule has 0 bridgehead atoms. The van der Waals surface area contributed by atoms with Crippen molar-refractivity contribution in [1.82, 2.24) is 10.3 Å². The van der Waals surface area contributed by atoms with Crippen molar-refractivity contribution in [3.63, 3.8) is 0 Å². The first kappa shape index (κ1) is 12.6. The van der Waals surface area contributed by atoms with Crippen molar-refractivity contribution in [2.24, 2.45) is 5.41 Å². The maximum atomic E-state index is 4.11. The van der Waals surface area contributed by atoms with Gasteiger partial charge in [-0.3, -0.25) is 4.98 Å². The molecule has 2 nitrogen and oxygen atoms in total. The zero-order valence-electron chi connectivity index (χ0n) is 11.2. The molecule has 0 amide bonds. The quantitative estimate of drug-likeness (QED) is 0.861. The number of aromatic nitrogens is 1. The van der Waals surface area contributed by atoms with Crippen molar-refractivity contribution in [3.8, 4) is 0 Å². The molecular weight excluding hydrogens is 208 g/mol. The van der Waals surface area contributed by atoms with E-state index >= 15 is 0 Å². The summed E-state index contributed by atoms with van der Waals surface area (Å²) in [6.45, 7) is 4.78. The van der Waals surface area contributed by atoms with Gasteiger partial charge in [-0.2, -0.15) is 0 Å². The summed E-state index contributed by atoms with van der Waals surface area (Å²) in [7, 11) is 2.10. The third-order valence-corrected chi connectivity index (χ3v) is 4.54. The summed E-state index contributed by atoms with van der Waals surface area (Å²) in [6, 6.07) is 4.85. The second-order valence-electron chi connectivity index (χ2n) is 5.70. The number of hydrogen-bond acceptors (Lipinski definition) is 2. The second-order valence-corrected chi connectivity index (χ2v) is 5.70. The molecule has 0 saturated heterocycles. The summed E-state index contributed by atoms with van der Waals surface area (Å²) in [5.41, 5.74) is 1.85. The van der Waals surface area contributed by atoms with Crippen LogP contribution in [-0.2, 0) is 0 Å². The topological polar surface area (TPSA) is 24.9 Å². The molecule has 1 aromatic heterocycles. The Hall–Kier alpha value is -0.890. The molecule has 0 radical (unpaired) electrons. The lowest BCUT2D eigenvalue weighted by atomic mass is 9.73. The molecule has 2 atom stereocenters. The van der Waals surface area contributed by atoms with Crippen LogP contribution in [0.3, 0.4) is 0 Å². The summed E-state index contributed by atoms with van der Waals surface area (Å²) in [5, 5.41) is 3.56. The Morgan fingerprint density at radius 1 is 1.24 bits per heavy atom. The summed E-state index contributed by atoms with van der Waals surface area (Å²) < 4.78 is 0. The van der Waals surface area contributed by atoms with Crippen LogP contribution in [0.15, 0.2) is 24.5 Å². The van der Waals surface area contributed by atoms with Gasteiger partial charge >= 0.3 is 0 Å². The summed E-state index contributed by atoms with van der Waals surface area (Å²) >= 11 is 0. The van der Waals surface area contributed by atoms with E-state index in [1.807, 2.05) is 12.4 Å². The molecule has 2 heteroatoms. The summed E-state index contributed by atoms with van der Waals surface area (Å²) in [5.74, 6) is 0.547. The van der Waals surface area contributed by atoms with E-state index in [4.69, 9.17) is 0 Å². The van der Waals surface area contributed by atoms with Gasteiger partial charge in [0.05, 0.1) is 0 Å². The van der Waals surface area contributed by atoms with Gasteiger partial charge in [-0.25, -0.2) is 0 Å². The molecule has 1 aliphatic carbocycles. The first-order chi connectivity index (χ1) is 8.17. The van der Waals surface area contributed by atoms with E-state index in [-0.39, 0.29) is 0 Å². The van der Waals surface area contributed by atoms with Crippen LogP contribution in [0.1, 0.15) is 51.0 Å². The van der Waals surface area contributed by atoms with Crippen LogP contribution in [0, 0.1) is 5.41 Å². The predicted molar refractivity (Wildman–Crippen MR) is 72.1 cm³/mol. The van der Waals surface area contributed by atoms with Gasteiger partial charge in [0.25, 0.3) is 0 Å². The van der Waals surface area contributed by atoms with E-state index < -0.39 is 0 Å². The van der Waals surface area contributed by atoms with Gasteiger partial charge in [0, 0.05) is 18.4 Å². The zero-order chi connectivity index (χ0) is 12.3. The highest BCUT2D eigenvalue weighted by atomic mass is 14.9. The van der Waals surface area contributed by atoms with Crippen molar-refractivity contribution >= 4 is 0 Å². The van der Waals surface area contributed by atoms with Gasteiger partial charge in [-0.1, -0.05) is 26.7 Å². The lowest BCUT2D eigenvalue weighted by Crippen LogP contribution is -2.43. The van der Waals surface area contributed by atoms with Crippen molar-refractivity contribution in [3.05, 3.63) is 30.1 Å². The Balaban J connectivity index is 2.18. The second kappa shape index (κ2) is 5.18. The molecule has 17 heavy (non-hydrogen) atoms. The number of rotatable bonds is 4. The van der Waals surface area contributed by atoms with Gasteiger partial charge in [-0.15, -0.1) is 0 Å². The van der Waals surface area contributed by atoms with Crippen LogP contribution >= 0.6 is 0 Å². The molecule has 0 aliphatic heterocycles.